The van der Waals surface area contributed by atoms with E-state index in [2.05, 4.69) is 0 Å². The third-order valence-corrected chi connectivity index (χ3v) is 2.85. The predicted octanol–water partition coefficient (Wildman–Crippen LogP) is 3.02. The molecule has 0 saturated heterocycles. The van der Waals surface area contributed by atoms with Gasteiger partial charge in [0.25, 0.3) is 0 Å². The summed E-state index contributed by atoms with van der Waals surface area (Å²) in [6.45, 7) is 0. The van der Waals surface area contributed by atoms with Gasteiger partial charge < -0.3 is 4.74 Å². The molecule has 0 aliphatic rings. The minimum absolute atomic E-state index is 0.379. The van der Waals surface area contributed by atoms with Crippen molar-refractivity contribution < 1.29 is 13.2 Å². The third-order valence-electron chi connectivity index (χ3n) is 2.29. The van der Waals surface area contributed by atoms with Gasteiger partial charge >= 0.3 is 0 Å². The van der Waals surface area contributed by atoms with Crippen LogP contribution in [0.4, 0.5) is 0 Å². The van der Waals surface area contributed by atoms with E-state index < -0.39 is 10.3 Å². The van der Waals surface area contributed by atoms with Crippen LogP contribution in [-0.2, 0) is 10.3 Å². The van der Waals surface area contributed by atoms with E-state index in [1.807, 2.05) is 30.3 Å². The van der Waals surface area contributed by atoms with Crippen molar-refractivity contribution in [3.05, 3.63) is 53.6 Å². The zero-order valence-corrected chi connectivity index (χ0v) is 10.8. The number of hydrogen-bond donors (Lipinski definition) is 0. The van der Waals surface area contributed by atoms with Crippen molar-refractivity contribution in [3.63, 3.8) is 0 Å². The molecular formula is C13H9ClO3S. The smallest absolute Gasteiger partial charge is 0.249 e. The molecule has 0 unspecified atom stereocenters. The number of halogens is 1. The molecule has 0 amide bonds. The van der Waals surface area contributed by atoms with Gasteiger partial charge in [-0.05, 0) is 17.7 Å². The van der Waals surface area contributed by atoms with E-state index in [9.17, 15) is 8.42 Å². The monoisotopic (exact) mass is 280 g/mol. The molecule has 0 heterocycles. The molecule has 2 rings (SSSR count). The van der Waals surface area contributed by atoms with Crippen molar-refractivity contribution in [1.82, 2.24) is 0 Å². The second-order valence-corrected chi connectivity index (χ2v) is 4.60. The summed E-state index contributed by atoms with van der Waals surface area (Å²) >= 11 is 6.13. The summed E-state index contributed by atoms with van der Waals surface area (Å²) < 4.78 is 25.6. The van der Waals surface area contributed by atoms with Gasteiger partial charge in [-0.1, -0.05) is 41.9 Å². The summed E-state index contributed by atoms with van der Waals surface area (Å²) in [5, 5.41) is 0.504. The van der Waals surface area contributed by atoms with Gasteiger partial charge in [0.1, 0.15) is 5.75 Å². The normalized spacial score (nSPS) is 9.83. The Hall–Kier alpha value is -1.78. The molecule has 5 heteroatoms. The average molecular weight is 281 g/mol. The first-order valence-electron chi connectivity index (χ1n) is 5.10. The summed E-state index contributed by atoms with van der Waals surface area (Å²) in [6.07, 6.45) is 0. The number of hydrogen-bond acceptors (Lipinski definition) is 3. The van der Waals surface area contributed by atoms with E-state index in [-0.39, 0.29) is 0 Å². The van der Waals surface area contributed by atoms with Gasteiger partial charge in [0.2, 0.25) is 15.8 Å². The Labute approximate surface area is 111 Å². The second kappa shape index (κ2) is 5.71. The zero-order valence-electron chi connectivity index (χ0n) is 9.21. The van der Waals surface area contributed by atoms with Crippen LogP contribution in [0.2, 0.25) is 5.02 Å². The molecule has 0 saturated carbocycles. The van der Waals surface area contributed by atoms with Gasteiger partial charge in [-0.2, -0.15) is 8.42 Å². The van der Waals surface area contributed by atoms with Crippen LogP contribution in [-0.4, -0.2) is 14.0 Å². The summed E-state index contributed by atoms with van der Waals surface area (Å²) in [4.78, 5) is 0. The van der Waals surface area contributed by atoms with Crippen molar-refractivity contribution in [2.75, 3.05) is 0 Å². The molecule has 18 heavy (non-hydrogen) atoms. The minimum atomic E-state index is -2.35. The quantitative estimate of drug-likeness (QED) is 0.812. The number of ether oxygens (including phenoxy) is 1. The van der Waals surface area contributed by atoms with Crippen LogP contribution < -0.4 is 4.74 Å². The lowest BCUT2D eigenvalue weighted by Gasteiger charge is -2.06. The Kier molecular flexibility index (Phi) is 4.02. The van der Waals surface area contributed by atoms with Gasteiger partial charge in [-0.15, -0.1) is 0 Å². The highest BCUT2D eigenvalue weighted by Gasteiger charge is 2.04. The highest BCUT2D eigenvalue weighted by atomic mass is 35.5. The Bertz CT molecular complexity index is 671. The largest absolute Gasteiger partial charge is 0.449 e. The fourth-order valence-electron chi connectivity index (χ4n) is 1.52. The topological polar surface area (TPSA) is 43.4 Å². The lowest BCUT2D eigenvalue weighted by Crippen LogP contribution is -1.90. The van der Waals surface area contributed by atoms with Gasteiger partial charge in [0.05, 0.1) is 5.02 Å². The molecule has 0 aliphatic heterocycles. The third kappa shape index (κ3) is 3.12. The summed E-state index contributed by atoms with van der Waals surface area (Å²) in [5.41, 5.74) is 2.58. The highest BCUT2D eigenvalue weighted by molar-refractivity contribution is 7.71. The fourth-order valence-corrected chi connectivity index (χ4v) is 1.99. The van der Waals surface area contributed by atoms with Gasteiger partial charge in [-0.25, -0.2) is 0 Å². The maximum Gasteiger partial charge on any atom is 0.249 e. The van der Waals surface area contributed by atoms with Gasteiger partial charge in [0, 0.05) is 11.6 Å². The summed E-state index contributed by atoms with van der Waals surface area (Å²) in [5.74, 6) is 0.379. The van der Waals surface area contributed by atoms with Crippen molar-refractivity contribution in [3.8, 4) is 16.9 Å². The molecule has 0 fully saturated rings. The van der Waals surface area contributed by atoms with E-state index in [1.165, 1.54) is 0 Å². The van der Waals surface area contributed by atoms with Gasteiger partial charge in [0.15, 0.2) is 0 Å². The first kappa shape index (κ1) is 12.7. The van der Waals surface area contributed by atoms with Crippen molar-refractivity contribution in [2.45, 2.75) is 0 Å². The molecule has 0 aliphatic carbocycles. The van der Waals surface area contributed by atoms with Crippen LogP contribution in [0.3, 0.4) is 0 Å². The number of benzene rings is 2. The van der Waals surface area contributed by atoms with Crippen LogP contribution in [0.15, 0.2) is 48.5 Å². The second-order valence-electron chi connectivity index (χ2n) is 3.48. The maximum atomic E-state index is 10.3. The van der Waals surface area contributed by atoms with Crippen LogP contribution >= 0.6 is 11.6 Å². The number of rotatable bonds is 3. The molecule has 3 nitrogen and oxygen atoms in total. The van der Waals surface area contributed by atoms with E-state index in [1.54, 1.807) is 18.2 Å². The summed E-state index contributed by atoms with van der Waals surface area (Å²) in [7, 11) is -2.35. The Morgan fingerprint density at radius 3 is 2.39 bits per heavy atom. The Balaban J connectivity index is 2.34. The highest BCUT2D eigenvalue weighted by Crippen LogP contribution is 2.30. The van der Waals surface area contributed by atoms with Crippen LogP contribution in [0, 0.1) is 0 Å². The SMILES string of the molecule is O=S(=O)=COc1ccc(-c2ccccc2)c(Cl)c1. The molecule has 92 valence electrons. The van der Waals surface area contributed by atoms with Gasteiger partial charge in [-0.3, -0.25) is 0 Å². The first-order chi connectivity index (χ1) is 8.66. The molecule has 0 spiro atoms. The fraction of sp³-hybridized carbons (Fsp3) is 0. The van der Waals surface area contributed by atoms with E-state index >= 15 is 0 Å². The first-order valence-corrected chi connectivity index (χ1v) is 6.61. The van der Waals surface area contributed by atoms with Crippen molar-refractivity contribution >= 4 is 27.4 Å². The minimum Gasteiger partial charge on any atom is -0.449 e. The average Bonchev–Trinajstić information content (AvgIpc) is 2.37. The predicted molar refractivity (Wildman–Crippen MR) is 72.5 cm³/mol. The summed E-state index contributed by atoms with van der Waals surface area (Å²) in [6, 6.07) is 14.7. The molecule has 0 bridgehead atoms. The molecule has 0 atom stereocenters. The molecule has 2 aromatic carbocycles. The van der Waals surface area contributed by atoms with E-state index in [4.69, 9.17) is 16.3 Å². The molecule has 0 aromatic heterocycles. The molecular weight excluding hydrogens is 272 g/mol. The lowest BCUT2D eigenvalue weighted by atomic mass is 10.1. The van der Waals surface area contributed by atoms with Crippen LogP contribution in [0.5, 0.6) is 5.75 Å². The van der Waals surface area contributed by atoms with Crippen LogP contribution in [0.25, 0.3) is 11.1 Å². The Morgan fingerprint density at radius 1 is 1.06 bits per heavy atom. The standard InChI is InChI=1S/C13H9ClO3S/c14-13-8-11(17-9-18(15)16)6-7-12(13)10-4-2-1-3-5-10/h1-9H. The van der Waals surface area contributed by atoms with E-state index in [0.29, 0.717) is 16.3 Å². The Morgan fingerprint density at radius 2 is 1.78 bits per heavy atom. The molecule has 2 aromatic rings. The zero-order chi connectivity index (χ0) is 13.0. The lowest BCUT2D eigenvalue weighted by molar-refractivity contribution is 0.577. The van der Waals surface area contributed by atoms with E-state index in [0.717, 1.165) is 11.1 Å². The molecule has 0 N–H and O–H groups in total. The van der Waals surface area contributed by atoms with Crippen molar-refractivity contribution in [1.29, 1.82) is 0 Å². The maximum absolute atomic E-state index is 10.3. The molecule has 0 radical (unpaired) electrons. The van der Waals surface area contributed by atoms with Crippen LogP contribution in [0.1, 0.15) is 0 Å². The van der Waals surface area contributed by atoms with Crippen molar-refractivity contribution in [2.24, 2.45) is 0 Å².